The molecule has 2 atom stereocenters. The normalized spacial score (nSPS) is 14.4. The highest BCUT2D eigenvalue weighted by atomic mass is 19.2. The molecule has 0 radical (unpaired) electrons. The molecular weight excluding hydrogens is 281 g/mol. The Morgan fingerprint density at radius 3 is 1.80 bits per heavy atom. The topological polar surface area (TPSA) is 21.3 Å². The number of halogens is 5. The van der Waals surface area contributed by atoms with Crippen molar-refractivity contribution in [3.8, 4) is 0 Å². The summed E-state index contributed by atoms with van der Waals surface area (Å²) in [6, 6.07) is -1.00. The Kier molecular flexibility index (Phi) is 5.88. The van der Waals surface area contributed by atoms with Crippen molar-refractivity contribution in [3.05, 3.63) is 34.6 Å². The minimum atomic E-state index is -2.15. The van der Waals surface area contributed by atoms with Crippen molar-refractivity contribution in [2.75, 3.05) is 20.8 Å². The van der Waals surface area contributed by atoms with Gasteiger partial charge in [-0.25, -0.2) is 22.0 Å². The second kappa shape index (κ2) is 6.99. The average molecular weight is 297 g/mol. The molecule has 2 unspecified atom stereocenters. The Morgan fingerprint density at radius 1 is 0.950 bits per heavy atom. The number of nitrogens with one attached hydrogen (secondary N) is 1. The number of methoxy groups -OCH3 is 1. The minimum Gasteiger partial charge on any atom is -0.385 e. The molecule has 1 aromatic rings. The largest absolute Gasteiger partial charge is 0.385 e. The summed E-state index contributed by atoms with van der Waals surface area (Å²) in [5, 5.41) is 2.59. The average Bonchev–Trinajstić information content (AvgIpc) is 2.44. The van der Waals surface area contributed by atoms with Crippen molar-refractivity contribution in [1.29, 1.82) is 0 Å². The molecule has 1 aromatic carbocycles. The van der Waals surface area contributed by atoms with Crippen molar-refractivity contribution in [3.63, 3.8) is 0 Å². The summed E-state index contributed by atoms with van der Waals surface area (Å²) >= 11 is 0. The molecule has 0 bridgehead atoms. The van der Waals surface area contributed by atoms with Crippen LogP contribution in [0, 0.1) is 35.0 Å². The highest BCUT2D eigenvalue weighted by Crippen LogP contribution is 2.32. The zero-order valence-electron chi connectivity index (χ0n) is 11.4. The van der Waals surface area contributed by atoms with Crippen molar-refractivity contribution in [2.45, 2.75) is 19.4 Å². The first-order valence-corrected chi connectivity index (χ1v) is 6.04. The molecule has 1 N–H and O–H groups in total. The first-order valence-electron chi connectivity index (χ1n) is 6.04. The summed E-state index contributed by atoms with van der Waals surface area (Å²) in [7, 11) is 2.85. The van der Waals surface area contributed by atoms with Crippen LogP contribution in [0.2, 0.25) is 0 Å². The predicted octanol–water partition coefficient (Wildman–Crippen LogP) is 3.32. The standard InChI is InChI=1S/C13H16F5NO/c1-6(4-5-20-3)13(19-2)7-8(14)10(16)12(18)11(17)9(7)15/h6,13,19H,4-5H2,1-3H3. The Balaban J connectivity index is 3.29. The summed E-state index contributed by atoms with van der Waals surface area (Å²) < 4.78 is 71.7. The van der Waals surface area contributed by atoms with Gasteiger partial charge in [-0.15, -0.1) is 0 Å². The van der Waals surface area contributed by atoms with Gasteiger partial charge in [-0.3, -0.25) is 0 Å². The van der Waals surface area contributed by atoms with Crippen LogP contribution < -0.4 is 5.32 Å². The molecule has 0 spiro atoms. The number of hydrogen-bond donors (Lipinski definition) is 1. The number of hydrogen-bond acceptors (Lipinski definition) is 2. The fourth-order valence-electron chi connectivity index (χ4n) is 2.08. The third-order valence-electron chi connectivity index (χ3n) is 3.21. The summed E-state index contributed by atoms with van der Waals surface area (Å²) in [4.78, 5) is 0. The van der Waals surface area contributed by atoms with Crippen LogP contribution in [0.1, 0.15) is 24.9 Å². The lowest BCUT2D eigenvalue weighted by Gasteiger charge is -2.25. The Morgan fingerprint density at radius 2 is 1.40 bits per heavy atom. The molecule has 0 aromatic heterocycles. The zero-order chi connectivity index (χ0) is 15.4. The summed E-state index contributed by atoms with van der Waals surface area (Å²) in [5.74, 6) is -10.00. The van der Waals surface area contributed by atoms with Crippen molar-refractivity contribution in [1.82, 2.24) is 5.32 Å². The van der Waals surface area contributed by atoms with Crippen LogP contribution >= 0.6 is 0 Å². The second-order valence-corrected chi connectivity index (χ2v) is 4.51. The van der Waals surface area contributed by atoms with E-state index in [1.165, 1.54) is 14.2 Å². The van der Waals surface area contributed by atoms with Crippen molar-refractivity contribution < 1.29 is 26.7 Å². The first-order chi connectivity index (χ1) is 9.36. The Hall–Kier alpha value is -1.21. The number of benzene rings is 1. The van der Waals surface area contributed by atoms with Crippen LogP contribution in [0.15, 0.2) is 0 Å². The molecule has 1 rings (SSSR count). The van der Waals surface area contributed by atoms with Gasteiger partial charge >= 0.3 is 0 Å². The quantitative estimate of drug-likeness (QED) is 0.494. The maximum Gasteiger partial charge on any atom is 0.200 e. The van der Waals surface area contributed by atoms with E-state index < -0.39 is 40.7 Å². The molecule has 0 heterocycles. The zero-order valence-corrected chi connectivity index (χ0v) is 11.4. The molecule has 2 nitrogen and oxygen atoms in total. The Labute approximate surface area is 113 Å². The van der Waals surface area contributed by atoms with Crippen LogP contribution in [0.4, 0.5) is 22.0 Å². The van der Waals surface area contributed by atoms with Crippen molar-refractivity contribution in [2.24, 2.45) is 5.92 Å². The van der Waals surface area contributed by atoms with E-state index in [0.717, 1.165) is 0 Å². The van der Waals surface area contributed by atoms with Gasteiger partial charge in [0.2, 0.25) is 5.82 Å². The maximum atomic E-state index is 13.7. The maximum absolute atomic E-state index is 13.7. The van der Waals surface area contributed by atoms with Crippen LogP contribution in [0.5, 0.6) is 0 Å². The molecule has 0 aliphatic rings. The van der Waals surface area contributed by atoms with Gasteiger partial charge in [-0.1, -0.05) is 6.92 Å². The lowest BCUT2D eigenvalue weighted by atomic mass is 9.91. The van der Waals surface area contributed by atoms with Gasteiger partial charge in [-0.05, 0) is 19.4 Å². The van der Waals surface area contributed by atoms with Gasteiger partial charge in [0.25, 0.3) is 0 Å². The lowest BCUT2D eigenvalue weighted by molar-refractivity contribution is 0.169. The van der Waals surface area contributed by atoms with Crippen LogP contribution in [-0.4, -0.2) is 20.8 Å². The predicted molar refractivity (Wildman–Crippen MR) is 63.7 cm³/mol. The van der Waals surface area contributed by atoms with Gasteiger partial charge in [0.15, 0.2) is 23.3 Å². The molecular formula is C13H16F5NO. The van der Waals surface area contributed by atoms with E-state index in [0.29, 0.717) is 13.0 Å². The molecule has 7 heteroatoms. The first kappa shape index (κ1) is 16.8. The van der Waals surface area contributed by atoms with E-state index in [4.69, 9.17) is 4.74 Å². The van der Waals surface area contributed by atoms with Crippen LogP contribution in [-0.2, 0) is 4.74 Å². The SMILES string of the molecule is CNC(c1c(F)c(F)c(F)c(F)c1F)C(C)CCOC. The van der Waals surface area contributed by atoms with E-state index in [1.807, 2.05) is 0 Å². The van der Waals surface area contributed by atoms with E-state index in [1.54, 1.807) is 6.92 Å². The molecule has 0 saturated heterocycles. The summed E-state index contributed by atoms with van der Waals surface area (Å²) in [6.45, 7) is 1.95. The summed E-state index contributed by atoms with van der Waals surface area (Å²) in [6.07, 6.45) is 0.404. The van der Waals surface area contributed by atoms with E-state index in [2.05, 4.69) is 5.32 Å². The van der Waals surface area contributed by atoms with Gasteiger partial charge in [0.1, 0.15) is 0 Å². The van der Waals surface area contributed by atoms with E-state index >= 15 is 0 Å². The van der Waals surface area contributed by atoms with Gasteiger partial charge < -0.3 is 10.1 Å². The van der Waals surface area contributed by atoms with Gasteiger partial charge in [0, 0.05) is 25.3 Å². The molecule has 20 heavy (non-hydrogen) atoms. The van der Waals surface area contributed by atoms with Crippen LogP contribution in [0.3, 0.4) is 0 Å². The molecule has 0 amide bonds. The molecule has 0 aliphatic heterocycles. The molecule has 114 valence electrons. The molecule has 0 fully saturated rings. The van der Waals surface area contributed by atoms with E-state index in [-0.39, 0.29) is 5.92 Å². The summed E-state index contributed by atoms with van der Waals surface area (Å²) in [5.41, 5.74) is -0.840. The van der Waals surface area contributed by atoms with Gasteiger partial charge in [0.05, 0.1) is 0 Å². The van der Waals surface area contributed by atoms with Crippen molar-refractivity contribution >= 4 is 0 Å². The molecule has 0 saturated carbocycles. The molecule has 0 aliphatic carbocycles. The number of rotatable bonds is 6. The minimum absolute atomic E-state index is 0.314. The highest BCUT2D eigenvalue weighted by molar-refractivity contribution is 5.27. The Bertz CT molecular complexity index is 451. The highest BCUT2D eigenvalue weighted by Gasteiger charge is 2.32. The monoisotopic (exact) mass is 297 g/mol. The third-order valence-corrected chi connectivity index (χ3v) is 3.21. The van der Waals surface area contributed by atoms with Gasteiger partial charge in [-0.2, -0.15) is 0 Å². The van der Waals surface area contributed by atoms with E-state index in [9.17, 15) is 22.0 Å². The smallest absolute Gasteiger partial charge is 0.200 e. The van der Waals surface area contributed by atoms with Crippen LogP contribution in [0.25, 0.3) is 0 Å². The fourth-order valence-corrected chi connectivity index (χ4v) is 2.08. The third kappa shape index (κ3) is 3.09. The lowest BCUT2D eigenvalue weighted by Crippen LogP contribution is -2.28. The fraction of sp³-hybridized carbons (Fsp3) is 0.538. The second-order valence-electron chi connectivity index (χ2n) is 4.51. The number of ether oxygens (including phenoxy) is 1.